The van der Waals surface area contributed by atoms with E-state index in [0.29, 0.717) is 16.5 Å². The predicted molar refractivity (Wildman–Crippen MR) is 82.6 cm³/mol. The molecule has 3 rings (SSSR count). The maximum absolute atomic E-state index is 12.7. The average Bonchev–Trinajstić information content (AvgIpc) is 2.54. The van der Waals surface area contributed by atoms with Gasteiger partial charge in [-0.2, -0.15) is 21.6 Å². The number of phenolic OH excluding ortho intramolecular Hbond substituents is 1. The number of hydrogen-bond donors (Lipinski definition) is 2. The Morgan fingerprint density at radius 3 is 2.17 bits per heavy atom. The van der Waals surface area contributed by atoms with Gasteiger partial charge >= 0.3 is 6.18 Å². The number of alkyl halides is 3. The first-order valence-corrected chi connectivity index (χ1v) is 7.80. The van der Waals surface area contributed by atoms with Gasteiger partial charge in [-0.05, 0) is 47.5 Å². The molecule has 24 heavy (non-hydrogen) atoms. The number of halogens is 3. The van der Waals surface area contributed by atoms with Gasteiger partial charge in [-0.15, -0.1) is 0 Å². The fraction of sp³-hybridized carbons (Fsp3) is 0.0625. The number of fused-ring (bicyclic) bond motifs is 1. The van der Waals surface area contributed by atoms with Crippen LogP contribution in [-0.4, -0.2) is 18.5 Å². The Balaban J connectivity index is 2.24. The lowest BCUT2D eigenvalue weighted by Gasteiger charge is -2.10. The van der Waals surface area contributed by atoms with E-state index in [-0.39, 0.29) is 15.9 Å². The number of pyridine rings is 1. The summed E-state index contributed by atoms with van der Waals surface area (Å²) in [5.41, 5.74) is 0.507. The highest BCUT2D eigenvalue weighted by Crippen LogP contribution is 2.35. The molecule has 0 bridgehead atoms. The van der Waals surface area contributed by atoms with Gasteiger partial charge in [-0.25, -0.2) is 0 Å². The monoisotopic (exact) mass is 353 g/mol. The molecule has 0 aliphatic rings. The van der Waals surface area contributed by atoms with E-state index >= 15 is 0 Å². The molecule has 2 N–H and O–H groups in total. The van der Waals surface area contributed by atoms with Crippen LogP contribution in [0.25, 0.3) is 22.0 Å². The summed E-state index contributed by atoms with van der Waals surface area (Å²) in [5.74, 6) is -0.159. The highest BCUT2D eigenvalue weighted by Gasteiger charge is 2.30. The van der Waals surface area contributed by atoms with Crippen molar-refractivity contribution in [2.24, 2.45) is 0 Å². The van der Waals surface area contributed by atoms with Crippen LogP contribution in [0.5, 0.6) is 5.75 Å². The van der Waals surface area contributed by atoms with Gasteiger partial charge in [0.05, 0.1) is 11.1 Å². The molecule has 2 aromatic carbocycles. The van der Waals surface area contributed by atoms with Crippen LogP contribution < -0.4 is 0 Å². The van der Waals surface area contributed by atoms with Crippen LogP contribution in [-0.2, 0) is 16.5 Å². The highest BCUT2D eigenvalue weighted by molar-refractivity contribution is 7.63. The lowest BCUT2D eigenvalue weighted by Crippen LogP contribution is -2.04. The van der Waals surface area contributed by atoms with Crippen molar-refractivity contribution in [2.75, 3.05) is 0 Å². The fourth-order valence-corrected chi connectivity index (χ4v) is 2.79. The molecule has 0 aliphatic carbocycles. The Hall–Kier alpha value is -2.74. The molecule has 1 aromatic heterocycles. The minimum atomic E-state index is -4.42. The lowest BCUT2D eigenvalue weighted by atomic mass is 9.99. The predicted octanol–water partition coefficient (Wildman–Crippen LogP) is 3.97. The van der Waals surface area contributed by atoms with Gasteiger partial charge < -0.3 is 10.1 Å². The molecule has 0 aliphatic heterocycles. The quantitative estimate of drug-likeness (QED) is 0.651. The first-order chi connectivity index (χ1) is 11.3. The van der Waals surface area contributed by atoms with Crippen LogP contribution in [0.1, 0.15) is 5.56 Å². The van der Waals surface area contributed by atoms with Gasteiger partial charge in [-0.1, -0.05) is 12.1 Å². The third kappa shape index (κ3) is 2.88. The number of phenols is 1. The molecule has 0 atom stereocenters. The summed E-state index contributed by atoms with van der Waals surface area (Å²) in [5, 5.41) is 10.4. The minimum Gasteiger partial charge on any atom is -0.506 e. The third-order valence-corrected chi connectivity index (χ3v) is 4.17. The van der Waals surface area contributed by atoms with Crippen molar-refractivity contribution in [3.63, 3.8) is 0 Å². The van der Waals surface area contributed by atoms with E-state index in [1.807, 2.05) is 0 Å². The van der Waals surface area contributed by atoms with Crippen molar-refractivity contribution in [2.45, 2.75) is 6.18 Å². The van der Waals surface area contributed by atoms with Crippen LogP contribution in [0, 0.1) is 4.64 Å². The number of aromatic amines is 1. The topological polar surface area (TPSA) is 70.2 Å². The first-order valence-electron chi connectivity index (χ1n) is 6.72. The maximum Gasteiger partial charge on any atom is 0.416 e. The minimum absolute atomic E-state index is 0.109. The lowest BCUT2D eigenvalue weighted by molar-refractivity contribution is -0.137. The molecular weight excluding hydrogens is 343 g/mol. The zero-order chi connectivity index (χ0) is 17.5. The summed E-state index contributed by atoms with van der Waals surface area (Å²) in [6.07, 6.45) is -4.42. The molecule has 0 fully saturated rings. The Morgan fingerprint density at radius 1 is 0.917 bits per heavy atom. The summed E-state index contributed by atoms with van der Waals surface area (Å²) in [6.45, 7) is 0. The maximum atomic E-state index is 12.7. The largest absolute Gasteiger partial charge is 0.506 e. The normalized spacial score (nSPS) is 11.6. The Bertz CT molecular complexity index is 1090. The van der Waals surface area contributed by atoms with Crippen molar-refractivity contribution in [1.29, 1.82) is 0 Å². The zero-order valence-electron chi connectivity index (χ0n) is 11.9. The summed E-state index contributed by atoms with van der Waals surface area (Å²) in [6, 6.07) is 10.3. The van der Waals surface area contributed by atoms with Gasteiger partial charge in [0.2, 0.25) is 10.3 Å². The van der Waals surface area contributed by atoms with E-state index in [0.717, 1.165) is 12.1 Å². The molecular formula is C16H10F3NO3S. The molecule has 1 heterocycles. The van der Waals surface area contributed by atoms with Crippen LogP contribution >= 0.6 is 0 Å². The summed E-state index contributed by atoms with van der Waals surface area (Å²) >= 11 is 0. The SMILES string of the molecule is O=S(=O)=c1ccc2c(-c3ccc(C(F)(F)F)cc3)ccc(O)c2[nH]1. The highest BCUT2D eigenvalue weighted by atomic mass is 32.2. The Labute approximate surface area is 135 Å². The van der Waals surface area contributed by atoms with Gasteiger partial charge in [0.15, 0.2) is 4.64 Å². The second-order valence-electron chi connectivity index (χ2n) is 5.05. The van der Waals surface area contributed by atoms with Crippen molar-refractivity contribution >= 4 is 21.2 Å². The van der Waals surface area contributed by atoms with Crippen LogP contribution in [0.4, 0.5) is 13.2 Å². The van der Waals surface area contributed by atoms with E-state index < -0.39 is 22.0 Å². The molecule has 0 amide bonds. The van der Waals surface area contributed by atoms with Crippen molar-refractivity contribution in [1.82, 2.24) is 4.98 Å². The number of aromatic hydroxyl groups is 1. The van der Waals surface area contributed by atoms with Crippen molar-refractivity contribution in [3.8, 4) is 16.9 Å². The number of benzene rings is 2. The molecule has 0 saturated heterocycles. The molecule has 0 saturated carbocycles. The number of H-pyrrole nitrogens is 1. The second-order valence-corrected chi connectivity index (χ2v) is 5.96. The summed E-state index contributed by atoms with van der Waals surface area (Å²) in [7, 11) is -2.50. The van der Waals surface area contributed by atoms with E-state index in [9.17, 15) is 26.7 Å². The summed E-state index contributed by atoms with van der Waals surface area (Å²) < 4.78 is 59.9. The van der Waals surface area contributed by atoms with E-state index in [4.69, 9.17) is 0 Å². The second kappa shape index (κ2) is 5.72. The van der Waals surface area contributed by atoms with E-state index in [1.165, 1.54) is 30.3 Å². The Morgan fingerprint density at radius 2 is 1.58 bits per heavy atom. The van der Waals surface area contributed by atoms with Crippen LogP contribution in [0.2, 0.25) is 0 Å². The third-order valence-electron chi connectivity index (χ3n) is 3.58. The van der Waals surface area contributed by atoms with Gasteiger partial charge in [-0.3, -0.25) is 0 Å². The van der Waals surface area contributed by atoms with Gasteiger partial charge in [0, 0.05) is 5.39 Å². The number of aromatic nitrogens is 1. The van der Waals surface area contributed by atoms with Gasteiger partial charge in [0.25, 0.3) is 0 Å². The first kappa shape index (κ1) is 16.1. The fourth-order valence-electron chi connectivity index (χ4n) is 2.42. The molecule has 3 aromatic rings. The molecule has 124 valence electrons. The molecule has 4 nitrogen and oxygen atoms in total. The van der Waals surface area contributed by atoms with E-state index in [2.05, 4.69) is 4.98 Å². The zero-order valence-corrected chi connectivity index (χ0v) is 12.7. The number of rotatable bonds is 1. The van der Waals surface area contributed by atoms with Crippen LogP contribution in [0.3, 0.4) is 0 Å². The summed E-state index contributed by atoms with van der Waals surface area (Å²) in [4.78, 5) is 2.60. The number of nitrogens with one attached hydrogen (secondary N) is 1. The van der Waals surface area contributed by atoms with E-state index in [1.54, 1.807) is 6.07 Å². The molecule has 8 heteroatoms. The van der Waals surface area contributed by atoms with Crippen molar-refractivity contribution in [3.05, 3.63) is 58.7 Å². The van der Waals surface area contributed by atoms with Crippen molar-refractivity contribution < 1.29 is 26.7 Å². The standard InChI is InChI=1S/C16H10F3NO3S/c17-16(18,19)10-3-1-9(2-4-10)11-5-7-13(21)15-12(11)6-8-14(20-15)24(22)23/h1-8,20-21H. The molecule has 0 radical (unpaired) electrons. The molecule has 0 spiro atoms. The number of hydrogen-bond acceptors (Lipinski definition) is 3. The van der Waals surface area contributed by atoms with Crippen LogP contribution in [0.15, 0.2) is 48.5 Å². The van der Waals surface area contributed by atoms with Gasteiger partial charge in [0.1, 0.15) is 5.75 Å². The molecule has 0 unspecified atom stereocenters. The average molecular weight is 353 g/mol. The smallest absolute Gasteiger partial charge is 0.416 e. The Kier molecular flexibility index (Phi) is 3.84.